The lowest BCUT2D eigenvalue weighted by Gasteiger charge is -2.37. The summed E-state index contributed by atoms with van der Waals surface area (Å²) in [6, 6.07) is 28.4. The number of hydrogen-bond donors (Lipinski definition) is 0. The van der Waals surface area contributed by atoms with Crippen LogP contribution in [0.15, 0.2) is 112 Å². The summed E-state index contributed by atoms with van der Waals surface area (Å²) in [6.45, 7) is 0. The quantitative estimate of drug-likeness (QED) is 0.172. The molecule has 4 aromatic rings. The molecule has 4 aromatic carbocycles. The molecule has 0 bridgehead atoms. The van der Waals surface area contributed by atoms with Gasteiger partial charge in [-0.2, -0.15) is 0 Å². The summed E-state index contributed by atoms with van der Waals surface area (Å²) < 4.78 is 1.79. The third-order valence-corrected chi connectivity index (χ3v) is 9.34. The average Bonchev–Trinajstić information content (AvgIpc) is 3.39. The van der Waals surface area contributed by atoms with Crippen LogP contribution in [-0.2, 0) is 0 Å². The number of ketones is 3. The van der Waals surface area contributed by atoms with Crippen LogP contribution in [0.25, 0.3) is 6.08 Å². The van der Waals surface area contributed by atoms with Gasteiger partial charge in [-0.25, -0.2) is 0 Å². The molecule has 6 heteroatoms. The fourth-order valence-corrected chi connectivity index (χ4v) is 7.41. The lowest BCUT2D eigenvalue weighted by atomic mass is 9.64. The fraction of sp³-hybridized carbons (Fsp3) is 0.121. The molecule has 7 rings (SSSR count). The molecule has 2 aliphatic heterocycles. The Bertz CT molecular complexity index is 1680. The number of carbonyl (C=O) groups excluding carboxylic acids is 3. The minimum atomic E-state index is -1.49. The van der Waals surface area contributed by atoms with Crippen molar-refractivity contribution in [1.82, 2.24) is 0 Å². The Morgan fingerprint density at radius 3 is 2.03 bits per heavy atom. The second-order valence-corrected chi connectivity index (χ2v) is 12.0. The summed E-state index contributed by atoms with van der Waals surface area (Å²) >= 11 is 7.08. The van der Waals surface area contributed by atoms with Gasteiger partial charge in [0.15, 0.2) is 17.3 Å². The highest BCUT2D eigenvalue weighted by molar-refractivity contribution is 9.10. The first-order valence-electron chi connectivity index (χ1n) is 12.7. The lowest BCUT2D eigenvalue weighted by Crippen LogP contribution is -2.48. The summed E-state index contributed by atoms with van der Waals surface area (Å²) in [6.07, 6.45) is 3.92. The maximum Gasteiger partial charge on any atom is 0.185 e. The van der Waals surface area contributed by atoms with Gasteiger partial charge in [-0.1, -0.05) is 111 Å². The molecule has 3 unspecified atom stereocenters. The Balaban J connectivity index is 1.55. The van der Waals surface area contributed by atoms with Crippen molar-refractivity contribution in [2.45, 2.75) is 18.0 Å². The number of anilines is 1. The number of Topliss-reactive ketones (excluding diaryl/α,β-unsaturated/α-hetero) is 3. The number of benzene rings is 4. The predicted molar refractivity (Wildman–Crippen MR) is 158 cm³/mol. The van der Waals surface area contributed by atoms with E-state index in [1.807, 2.05) is 77.7 Å². The molecule has 0 N–H and O–H groups in total. The van der Waals surface area contributed by atoms with E-state index in [2.05, 4.69) is 31.9 Å². The highest BCUT2D eigenvalue weighted by atomic mass is 79.9. The molecular weight excluding hydrogens is 618 g/mol. The normalized spacial score (nSPS) is 22.1. The van der Waals surface area contributed by atoms with Crippen molar-refractivity contribution in [2.75, 3.05) is 4.90 Å². The average molecular weight is 639 g/mol. The van der Waals surface area contributed by atoms with Gasteiger partial charge in [0.25, 0.3) is 0 Å². The predicted octanol–water partition coefficient (Wildman–Crippen LogP) is 7.53. The Morgan fingerprint density at radius 2 is 1.36 bits per heavy atom. The minimum absolute atomic E-state index is 0.119. The number of hydrogen-bond acceptors (Lipinski definition) is 4. The van der Waals surface area contributed by atoms with Crippen molar-refractivity contribution < 1.29 is 14.4 Å². The zero-order valence-electron chi connectivity index (χ0n) is 20.6. The first-order valence-corrected chi connectivity index (χ1v) is 14.3. The molecule has 0 amide bonds. The summed E-state index contributed by atoms with van der Waals surface area (Å²) in [5, 5.41) is 0. The first-order chi connectivity index (χ1) is 18.9. The third-order valence-electron chi connectivity index (χ3n) is 8.32. The third kappa shape index (κ3) is 3.38. The second kappa shape index (κ2) is 8.97. The molecular formula is C33H21Br2NO3. The van der Waals surface area contributed by atoms with Crippen LogP contribution in [-0.4, -0.2) is 29.4 Å². The van der Waals surface area contributed by atoms with E-state index in [-0.39, 0.29) is 17.3 Å². The van der Waals surface area contributed by atoms with Crippen LogP contribution in [0.2, 0.25) is 0 Å². The molecule has 1 aliphatic carbocycles. The van der Waals surface area contributed by atoms with Gasteiger partial charge in [-0.3, -0.25) is 14.4 Å². The number of carbonyl (C=O) groups is 3. The fourth-order valence-electron chi connectivity index (χ4n) is 6.76. The Labute approximate surface area is 242 Å². The van der Waals surface area contributed by atoms with Crippen LogP contribution in [0.3, 0.4) is 0 Å². The zero-order valence-corrected chi connectivity index (χ0v) is 23.7. The largest absolute Gasteiger partial charge is 0.352 e. The smallest absolute Gasteiger partial charge is 0.185 e. The number of fused-ring (bicyclic) bond motifs is 5. The van der Waals surface area contributed by atoms with Crippen LogP contribution < -0.4 is 4.90 Å². The molecule has 0 radical (unpaired) electrons. The topological polar surface area (TPSA) is 54.5 Å². The SMILES string of the molecule is O=C(c1ccccc1)C1C(c2ccc(Br)cc2)C2(C(=O)c3ccccc3C2=O)C2C=Cc3cc(Br)ccc3N12. The van der Waals surface area contributed by atoms with E-state index in [4.69, 9.17) is 0 Å². The second-order valence-electron chi connectivity index (χ2n) is 10.2. The van der Waals surface area contributed by atoms with E-state index in [0.717, 1.165) is 25.8 Å². The minimum Gasteiger partial charge on any atom is -0.352 e. The molecule has 4 nitrogen and oxygen atoms in total. The van der Waals surface area contributed by atoms with Crippen molar-refractivity contribution in [3.8, 4) is 0 Å². The van der Waals surface area contributed by atoms with Gasteiger partial charge in [-0.05, 0) is 41.5 Å². The molecule has 190 valence electrons. The first kappa shape index (κ1) is 24.4. The highest BCUT2D eigenvalue weighted by Crippen LogP contribution is 2.61. The van der Waals surface area contributed by atoms with Crippen molar-refractivity contribution in [2.24, 2.45) is 5.41 Å². The van der Waals surface area contributed by atoms with Crippen LogP contribution in [0.1, 0.15) is 48.1 Å². The molecule has 3 aliphatic rings. The van der Waals surface area contributed by atoms with Crippen LogP contribution >= 0.6 is 31.9 Å². The standard InChI is InChI=1S/C33H21Br2NO3/c34-22-13-10-19(11-14-22)28-29(30(37)20-6-2-1-3-7-20)36-26-16-15-23(35)18-21(26)12-17-27(36)33(28)31(38)24-8-4-5-9-25(24)32(33)39/h1-18,27-29H. The number of halogens is 2. The molecule has 1 spiro atoms. The number of nitrogens with zero attached hydrogens (tertiary/aromatic N) is 1. The van der Waals surface area contributed by atoms with Crippen molar-refractivity contribution in [3.63, 3.8) is 0 Å². The van der Waals surface area contributed by atoms with Crippen LogP contribution in [0.5, 0.6) is 0 Å². The summed E-state index contributed by atoms with van der Waals surface area (Å²) in [5.74, 6) is -1.28. The maximum atomic E-state index is 14.6. The molecule has 0 aromatic heterocycles. The zero-order chi connectivity index (χ0) is 26.9. The van der Waals surface area contributed by atoms with Gasteiger partial charge < -0.3 is 4.90 Å². The van der Waals surface area contributed by atoms with Gasteiger partial charge in [0.2, 0.25) is 0 Å². The van der Waals surface area contributed by atoms with Gasteiger partial charge >= 0.3 is 0 Å². The van der Waals surface area contributed by atoms with Gasteiger partial charge in [-0.15, -0.1) is 0 Å². The van der Waals surface area contributed by atoms with Crippen molar-refractivity contribution in [1.29, 1.82) is 0 Å². The van der Waals surface area contributed by atoms with Gasteiger partial charge in [0, 0.05) is 37.2 Å². The van der Waals surface area contributed by atoms with E-state index >= 15 is 0 Å². The molecule has 2 heterocycles. The Hall–Kier alpha value is -3.61. The Kier molecular flexibility index (Phi) is 5.62. The van der Waals surface area contributed by atoms with E-state index in [9.17, 15) is 14.4 Å². The molecule has 0 saturated carbocycles. The van der Waals surface area contributed by atoms with E-state index in [1.54, 1.807) is 36.4 Å². The number of rotatable bonds is 3. The van der Waals surface area contributed by atoms with Crippen molar-refractivity contribution >= 4 is 61.0 Å². The molecule has 3 atom stereocenters. The summed E-state index contributed by atoms with van der Waals surface area (Å²) in [5.41, 5.74) is 2.43. The lowest BCUT2D eigenvalue weighted by molar-refractivity contribution is 0.0666. The molecule has 39 heavy (non-hydrogen) atoms. The molecule has 1 saturated heterocycles. The van der Waals surface area contributed by atoms with Crippen LogP contribution in [0.4, 0.5) is 5.69 Å². The summed E-state index contributed by atoms with van der Waals surface area (Å²) in [4.78, 5) is 45.8. The Morgan fingerprint density at radius 1 is 0.744 bits per heavy atom. The van der Waals surface area contributed by atoms with E-state index in [0.29, 0.717) is 16.7 Å². The highest BCUT2D eigenvalue weighted by Gasteiger charge is 2.71. The van der Waals surface area contributed by atoms with Gasteiger partial charge in [0.05, 0.1) is 6.04 Å². The van der Waals surface area contributed by atoms with E-state index in [1.165, 1.54) is 0 Å². The van der Waals surface area contributed by atoms with E-state index < -0.39 is 23.4 Å². The molecule has 1 fully saturated rings. The monoisotopic (exact) mass is 637 g/mol. The maximum absolute atomic E-state index is 14.6. The van der Waals surface area contributed by atoms with Crippen molar-refractivity contribution in [3.05, 3.63) is 140 Å². The van der Waals surface area contributed by atoms with Gasteiger partial charge in [0.1, 0.15) is 11.5 Å². The van der Waals surface area contributed by atoms with Crippen LogP contribution in [0, 0.1) is 5.41 Å². The summed E-state index contributed by atoms with van der Waals surface area (Å²) in [7, 11) is 0.